The molecule has 0 saturated heterocycles. The second-order valence-corrected chi connectivity index (χ2v) is 5.75. The molecule has 1 unspecified atom stereocenters. The minimum atomic E-state index is -0.372. The second kappa shape index (κ2) is 6.75. The lowest BCUT2D eigenvalue weighted by atomic mass is 10.1. The predicted octanol–water partition coefficient (Wildman–Crippen LogP) is 1.95. The van der Waals surface area contributed by atoms with Gasteiger partial charge in [0.2, 0.25) is 0 Å². The van der Waals surface area contributed by atoms with Gasteiger partial charge in [-0.2, -0.15) is 0 Å². The Morgan fingerprint density at radius 1 is 1.40 bits per heavy atom. The molecule has 20 heavy (non-hydrogen) atoms. The van der Waals surface area contributed by atoms with Gasteiger partial charge in [0.05, 0.1) is 6.10 Å². The van der Waals surface area contributed by atoms with Crippen molar-refractivity contribution in [2.24, 2.45) is 5.92 Å². The van der Waals surface area contributed by atoms with Gasteiger partial charge in [-0.25, -0.2) is 4.79 Å². The lowest BCUT2D eigenvalue weighted by Gasteiger charge is -2.21. The lowest BCUT2D eigenvalue weighted by Crippen LogP contribution is -2.42. The molecule has 0 radical (unpaired) electrons. The van der Waals surface area contributed by atoms with E-state index in [1.807, 2.05) is 0 Å². The molecule has 1 atom stereocenters. The lowest BCUT2D eigenvalue weighted by molar-refractivity contribution is 0.113. The molecule has 1 fully saturated rings. The van der Waals surface area contributed by atoms with Crippen molar-refractivity contribution in [3.8, 4) is 0 Å². The Hall–Kier alpha value is -1.55. The summed E-state index contributed by atoms with van der Waals surface area (Å²) in [7, 11) is 1.73. The van der Waals surface area contributed by atoms with E-state index in [9.17, 15) is 9.90 Å². The number of urea groups is 1. The van der Waals surface area contributed by atoms with Crippen LogP contribution in [-0.4, -0.2) is 42.3 Å². The first-order valence-corrected chi connectivity index (χ1v) is 7.29. The molecule has 0 spiro atoms. The fourth-order valence-electron chi connectivity index (χ4n) is 2.20. The second-order valence-electron chi connectivity index (χ2n) is 5.75. The number of hydrogen-bond acceptors (Lipinski definition) is 2. The number of aliphatic hydroxyl groups is 1. The Morgan fingerprint density at radius 3 is 2.65 bits per heavy atom. The summed E-state index contributed by atoms with van der Waals surface area (Å²) in [4.78, 5) is 13.4. The van der Waals surface area contributed by atoms with Gasteiger partial charge < -0.3 is 15.3 Å². The van der Waals surface area contributed by atoms with Gasteiger partial charge in [0.1, 0.15) is 0 Å². The number of carbonyl (C=O) groups excluding carboxylic acids is 1. The average Bonchev–Trinajstić information content (AvgIpc) is 3.25. The minimum Gasteiger partial charge on any atom is -0.391 e. The van der Waals surface area contributed by atoms with Crippen molar-refractivity contribution in [3.05, 3.63) is 35.4 Å². The van der Waals surface area contributed by atoms with E-state index in [2.05, 4.69) is 36.5 Å². The summed E-state index contributed by atoms with van der Waals surface area (Å²) in [5.74, 6) is 0.401. The van der Waals surface area contributed by atoms with Crippen LogP contribution < -0.4 is 5.32 Å². The molecule has 4 heteroatoms. The standard InChI is InChI=1S/C16H24N2O2/c1-12-3-5-13(6-4-12)9-10-17-16(20)18(2)11-15(19)14-7-8-14/h3-6,14-15,19H,7-11H2,1-2H3,(H,17,20). The van der Waals surface area contributed by atoms with Crippen molar-refractivity contribution < 1.29 is 9.90 Å². The van der Waals surface area contributed by atoms with Gasteiger partial charge in [0, 0.05) is 20.1 Å². The Balaban J connectivity index is 1.67. The number of nitrogens with zero attached hydrogens (tertiary/aromatic N) is 1. The van der Waals surface area contributed by atoms with Crippen LogP contribution in [0.4, 0.5) is 4.79 Å². The fraction of sp³-hybridized carbons (Fsp3) is 0.562. The number of rotatable bonds is 6. The number of hydrogen-bond donors (Lipinski definition) is 2. The molecule has 0 heterocycles. The Labute approximate surface area is 120 Å². The number of nitrogens with one attached hydrogen (secondary N) is 1. The van der Waals surface area contributed by atoms with Gasteiger partial charge in [0.25, 0.3) is 0 Å². The number of amides is 2. The summed E-state index contributed by atoms with van der Waals surface area (Å²) in [5, 5.41) is 12.7. The van der Waals surface area contributed by atoms with Crippen LogP contribution >= 0.6 is 0 Å². The summed E-state index contributed by atoms with van der Waals surface area (Å²) in [5.41, 5.74) is 2.46. The van der Waals surface area contributed by atoms with E-state index in [0.717, 1.165) is 19.3 Å². The third-order valence-corrected chi connectivity index (χ3v) is 3.78. The molecule has 2 N–H and O–H groups in total. The Bertz CT molecular complexity index is 440. The Kier molecular flexibility index (Phi) is 5.01. The molecule has 110 valence electrons. The topological polar surface area (TPSA) is 52.6 Å². The molecule has 2 rings (SSSR count). The van der Waals surface area contributed by atoms with Crippen LogP contribution in [0.2, 0.25) is 0 Å². The summed E-state index contributed by atoms with van der Waals surface area (Å²) < 4.78 is 0. The number of aliphatic hydroxyl groups excluding tert-OH is 1. The number of likely N-dealkylation sites (N-methyl/N-ethyl adjacent to an activating group) is 1. The molecule has 0 aliphatic heterocycles. The maximum absolute atomic E-state index is 11.9. The first kappa shape index (κ1) is 14.9. The monoisotopic (exact) mass is 276 g/mol. The molecule has 1 aromatic carbocycles. The smallest absolute Gasteiger partial charge is 0.317 e. The highest BCUT2D eigenvalue weighted by Crippen LogP contribution is 2.32. The van der Waals surface area contributed by atoms with Crippen LogP contribution in [0.5, 0.6) is 0 Å². The van der Waals surface area contributed by atoms with Crippen molar-refractivity contribution in [2.45, 2.75) is 32.3 Å². The fourth-order valence-corrected chi connectivity index (χ4v) is 2.20. The SMILES string of the molecule is Cc1ccc(CCNC(=O)N(C)CC(O)C2CC2)cc1. The highest BCUT2D eigenvalue weighted by molar-refractivity contribution is 5.73. The average molecular weight is 276 g/mol. The molecule has 0 aromatic heterocycles. The molecule has 1 aliphatic carbocycles. The van der Waals surface area contributed by atoms with Gasteiger partial charge in [-0.1, -0.05) is 29.8 Å². The normalized spacial score (nSPS) is 15.8. The van der Waals surface area contributed by atoms with Gasteiger partial charge >= 0.3 is 6.03 Å². The highest BCUT2D eigenvalue weighted by Gasteiger charge is 2.31. The first-order chi connectivity index (χ1) is 9.56. The van der Waals surface area contributed by atoms with Crippen molar-refractivity contribution in [1.29, 1.82) is 0 Å². The third kappa shape index (κ3) is 4.53. The molecule has 2 amide bonds. The van der Waals surface area contributed by atoms with E-state index in [1.165, 1.54) is 11.1 Å². The van der Waals surface area contributed by atoms with Gasteiger partial charge in [-0.15, -0.1) is 0 Å². The van der Waals surface area contributed by atoms with Gasteiger partial charge in [-0.3, -0.25) is 0 Å². The molecule has 4 nitrogen and oxygen atoms in total. The zero-order chi connectivity index (χ0) is 14.5. The molecule has 0 bridgehead atoms. The molecular formula is C16H24N2O2. The van der Waals surface area contributed by atoms with Crippen LogP contribution in [-0.2, 0) is 6.42 Å². The summed E-state index contributed by atoms with van der Waals surface area (Å²) in [6, 6.07) is 8.21. The van der Waals surface area contributed by atoms with Crippen molar-refractivity contribution >= 4 is 6.03 Å². The van der Waals surface area contributed by atoms with E-state index in [0.29, 0.717) is 19.0 Å². The van der Waals surface area contributed by atoms with Crippen LogP contribution in [0.1, 0.15) is 24.0 Å². The van der Waals surface area contributed by atoms with Gasteiger partial charge in [-0.05, 0) is 37.7 Å². The third-order valence-electron chi connectivity index (χ3n) is 3.78. The predicted molar refractivity (Wildman–Crippen MR) is 79.6 cm³/mol. The van der Waals surface area contributed by atoms with E-state index >= 15 is 0 Å². The maximum atomic E-state index is 11.9. The van der Waals surface area contributed by atoms with E-state index in [-0.39, 0.29) is 12.1 Å². The van der Waals surface area contributed by atoms with Crippen molar-refractivity contribution in [1.82, 2.24) is 10.2 Å². The number of aryl methyl sites for hydroxylation is 1. The molecular weight excluding hydrogens is 252 g/mol. The molecule has 1 saturated carbocycles. The summed E-state index contributed by atoms with van der Waals surface area (Å²) >= 11 is 0. The van der Waals surface area contributed by atoms with E-state index < -0.39 is 0 Å². The zero-order valence-electron chi connectivity index (χ0n) is 12.3. The van der Waals surface area contributed by atoms with Crippen LogP contribution in [0.25, 0.3) is 0 Å². The van der Waals surface area contributed by atoms with Crippen LogP contribution in [0, 0.1) is 12.8 Å². The van der Waals surface area contributed by atoms with Crippen molar-refractivity contribution in [3.63, 3.8) is 0 Å². The van der Waals surface area contributed by atoms with Crippen LogP contribution in [0.3, 0.4) is 0 Å². The van der Waals surface area contributed by atoms with E-state index in [1.54, 1.807) is 11.9 Å². The maximum Gasteiger partial charge on any atom is 0.317 e. The van der Waals surface area contributed by atoms with Crippen molar-refractivity contribution in [2.75, 3.05) is 20.1 Å². The largest absolute Gasteiger partial charge is 0.391 e. The number of benzene rings is 1. The van der Waals surface area contributed by atoms with Gasteiger partial charge in [0.15, 0.2) is 0 Å². The summed E-state index contributed by atoms with van der Waals surface area (Å²) in [6.45, 7) is 3.10. The quantitative estimate of drug-likeness (QED) is 0.834. The minimum absolute atomic E-state index is 0.114. The summed E-state index contributed by atoms with van der Waals surface area (Å²) in [6.07, 6.45) is 2.63. The first-order valence-electron chi connectivity index (χ1n) is 7.29. The van der Waals surface area contributed by atoms with Crippen LogP contribution in [0.15, 0.2) is 24.3 Å². The molecule has 1 aliphatic rings. The zero-order valence-corrected chi connectivity index (χ0v) is 12.3. The number of carbonyl (C=O) groups is 1. The highest BCUT2D eigenvalue weighted by atomic mass is 16.3. The molecule has 1 aromatic rings. The van der Waals surface area contributed by atoms with E-state index in [4.69, 9.17) is 0 Å². The Morgan fingerprint density at radius 2 is 2.05 bits per heavy atom.